The number of carbonyl (C=O) groups excluding carboxylic acids is 1. The molecule has 80 valence electrons. The average molecular weight is 196 g/mol. The molecule has 0 aromatic rings. The number of amides is 1. The van der Waals surface area contributed by atoms with Gasteiger partial charge in [0.2, 0.25) is 5.91 Å². The van der Waals surface area contributed by atoms with Crippen molar-refractivity contribution in [3.05, 3.63) is 11.1 Å². The normalized spacial score (nSPS) is 14.9. The zero-order chi connectivity index (χ0) is 10.6. The highest BCUT2D eigenvalue weighted by Gasteiger charge is 2.18. The van der Waals surface area contributed by atoms with E-state index in [4.69, 9.17) is 0 Å². The molecule has 0 spiro atoms. The Morgan fingerprint density at radius 1 is 1.50 bits per heavy atom. The maximum absolute atomic E-state index is 11.8. The Kier molecular flexibility index (Phi) is 4.14. The Hall–Kier alpha value is -0.830. The Balaban J connectivity index is 2.47. The van der Waals surface area contributed by atoms with E-state index < -0.39 is 0 Å². The van der Waals surface area contributed by atoms with Crippen LogP contribution in [-0.2, 0) is 4.79 Å². The molecule has 1 rings (SSSR count). The number of rotatable bonds is 4. The second-order valence-corrected chi connectivity index (χ2v) is 3.91. The monoisotopic (exact) mass is 196 g/mol. The quantitative estimate of drug-likeness (QED) is 0.684. The van der Waals surface area contributed by atoms with Gasteiger partial charge in [0.25, 0.3) is 0 Å². The highest BCUT2D eigenvalue weighted by molar-refractivity contribution is 5.93. The Morgan fingerprint density at radius 2 is 2.14 bits per heavy atom. The molecule has 1 amide bonds. The van der Waals surface area contributed by atoms with Crippen molar-refractivity contribution in [2.24, 2.45) is 0 Å². The number of unbranched alkanes of at least 4 members (excludes halogenated alkanes) is 1. The van der Waals surface area contributed by atoms with Crippen molar-refractivity contribution < 1.29 is 4.79 Å². The summed E-state index contributed by atoms with van der Waals surface area (Å²) in [5.74, 6) is 0.190. The molecule has 0 bridgehead atoms. The van der Waals surface area contributed by atoms with Crippen LogP contribution in [0.3, 0.4) is 0 Å². The summed E-state index contributed by atoms with van der Waals surface area (Å²) in [5, 5.41) is 3.15. The lowest BCUT2D eigenvalue weighted by molar-refractivity contribution is -0.126. The summed E-state index contributed by atoms with van der Waals surface area (Å²) in [5.41, 5.74) is 2.20. The zero-order valence-electron chi connectivity index (χ0n) is 9.39. The molecule has 1 fully saturated rings. The van der Waals surface area contributed by atoms with Crippen molar-refractivity contribution in [3.8, 4) is 0 Å². The van der Waals surface area contributed by atoms with Crippen LogP contribution in [0.4, 0.5) is 0 Å². The van der Waals surface area contributed by atoms with E-state index in [9.17, 15) is 4.79 Å². The Labute approximate surface area is 86.2 Å². The van der Waals surface area contributed by atoms with Crippen LogP contribution in [-0.4, -0.2) is 37.5 Å². The van der Waals surface area contributed by atoms with Crippen LogP contribution >= 0.6 is 0 Å². The van der Waals surface area contributed by atoms with E-state index in [1.54, 1.807) is 0 Å². The fraction of sp³-hybridized carbons (Fsp3) is 0.727. The molecule has 1 aliphatic rings. The topological polar surface area (TPSA) is 32.3 Å². The number of hydrogen-bond acceptors (Lipinski definition) is 2. The Bertz CT molecular complexity index is 240. The smallest absolute Gasteiger partial charge is 0.249 e. The molecule has 14 heavy (non-hydrogen) atoms. The number of likely N-dealkylation sites (N-methyl/N-ethyl adjacent to an activating group) is 1. The molecule has 0 aliphatic carbocycles. The van der Waals surface area contributed by atoms with E-state index >= 15 is 0 Å². The molecule has 0 saturated carbocycles. The number of nitrogens with zero attached hydrogens (tertiary/aromatic N) is 1. The van der Waals surface area contributed by atoms with Gasteiger partial charge >= 0.3 is 0 Å². The summed E-state index contributed by atoms with van der Waals surface area (Å²) in [7, 11) is 1.88. The van der Waals surface area contributed by atoms with Gasteiger partial charge in [-0.25, -0.2) is 0 Å². The van der Waals surface area contributed by atoms with Gasteiger partial charge in [-0.05, 0) is 18.9 Å². The molecule has 0 atom stereocenters. The van der Waals surface area contributed by atoms with Crippen LogP contribution in [0.2, 0.25) is 0 Å². The SMILES string of the molecule is CCCCN(C)C(=O)C(C)=C1CNC1. The van der Waals surface area contributed by atoms with Crippen LogP contribution < -0.4 is 5.32 Å². The molecule has 1 heterocycles. The van der Waals surface area contributed by atoms with Gasteiger partial charge < -0.3 is 10.2 Å². The number of nitrogens with one attached hydrogen (secondary N) is 1. The van der Waals surface area contributed by atoms with Gasteiger partial charge in [-0.3, -0.25) is 4.79 Å². The van der Waals surface area contributed by atoms with E-state index in [-0.39, 0.29) is 5.91 Å². The lowest BCUT2D eigenvalue weighted by atomic mass is 10.0. The maximum atomic E-state index is 11.8. The van der Waals surface area contributed by atoms with E-state index in [1.807, 2.05) is 18.9 Å². The van der Waals surface area contributed by atoms with Crippen molar-refractivity contribution in [2.75, 3.05) is 26.7 Å². The first-order valence-corrected chi connectivity index (χ1v) is 5.31. The second kappa shape index (κ2) is 5.15. The lowest BCUT2D eigenvalue weighted by Gasteiger charge is -2.24. The van der Waals surface area contributed by atoms with Gasteiger partial charge in [-0.15, -0.1) is 0 Å². The highest BCUT2D eigenvalue weighted by atomic mass is 16.2. The molecular weight excluding hydrogens is 176 g/mol. The standard InChI is InChI=1S/C11H20N2O/c1-4-5-6-13(3)11(14)9(2)10-7-12-8-10/h12H,4-8H2,1-3H3. The molecule has 1 N–H and O–H groups in total. The van der Waals surface area contributed by atoms with Gasteiger partial charge in [-0.2, -0.15) is 0 Å². The summed E-state index contributed by atoms with van der Waals surface area (Å²) in [6.45, 7) is 6.71. The number of carbonyl (C=O) groups is 1. The van der Waals surface area contributed by atoms with Crippen molar-refractivity contribution in [1.29, 1.82) is 0 Å². The molecule has 1 aliphatic heterocycles. The van der Waals surface area contributed by atoms with Crippen LogP contribution in [0, 0.1) is 0 Å². The van der Waals surface area contributed by atoms with Crippen molar-refractivity contribution in [2.45, 2.75) is 26.7 Å². The minimum atomic E-state index is 0.190. The van der Waals surface area contributed by atoms with Gasteiger partial charge in [0.1, 0.15) is 0 Å². The number of hydrogen-bond donors (Lipinski definition) is 1. The first-order valence-electron chi connectivity index (χ1n) is 5.31. The molecule has 3 heteroatoms. The van der Waals surface area contributed by atoms with Crippen LogP contribution in [0.5, 0.6) is 0 Å². The highest BCUT2D eigenvalue weighted by Crippen LogP contribution is 2.11. The van der Waals surface area contributed by atoms with Gasteiger partial charge in [0.15, 0.2) is 0 Å². The van der Waals surface area contributed by atoms with Gasteiger partial charge in [-0.1, -0.05) is 13.3 Å². The minimum Gasteiger partial charge on any atom is -0.342 e. The third-order valence-electron chi connectivity index (χ3n) is 2.72. The maximum Gasteiger partial charge on any atom is 0.249 e. The van der Waals surface area contributed by atoms with Crippen LogP contribution in [0.1, 0.15) is 26.7 Å². The summed E-state index contributed by atoms with van der Waals surface area (Å²) in [6.07, 6.45) is 2.22. The summed E-state index contributed by atoms with van der Waals surface area (Å²) < 4.78 is 0. The summed E-state index contributed by atoms with van der Waals surface area (Å²) in [6, 6.07) is 0. The van der Waals surface area contributed by atoms with E-state index in [2.05, 4.69) is 12.2 Å². The predicted octanol–water partition coefficient (Wildman–Crippen LogP) is 1.16. The molecule has 0 aromatic heterocycles. The summed E-state index contributed by atoms with van der Waals surface area (Å²) in [4.78, 5) is 13.6. The molecule has 3 nitrogen and oxygen atoms in total. The van der Waals surface area contributed by atoms with Gasteiger partial charge in [0, 0.05) is 32.3 Å². The van der Waals surface area contributed by atoms with Gasteiger partial charge in [0.05, 0.1) is 0 Å². The largest absolute Gasteiger partial charge is 0.342 e. The predicted molar refractivity (Wildman–Crippen MR) is 58.1 cm³/mol. The first-order chi connectivity index (χ1) is 6.66. The second-order valence-electron chi connectivity index (χ2n) is 3.91. The van der Waals surface area contributed by atoms with Crippen molar-refractivity contribution in [1.82, 2.24) is 10.2 Å². The molecule has 0 radical (unpaired) electrons. The van der Waals surface area contributed by atoms with E-state index in [0.717, 1.165) is 38.0 Å². The van der Waals surface area contributed by atoms with Crippen LogP contribution in [0.15, 0.2) is 11.1 Å². The molecule has 0 unspecified atom stereocenters. The molecule has 1 saturated heterocycles. The fourth-order valence-electron chi connectivity index (χ4n) is 1.45. The lowest BCUT2D eigenvalue weighted by Crippen LogP contribution is -2.38. The molecular formula is C11H20N2O. The summed E-state index contributed by atoms with van der Waals surface area (Å²) >= 11 is 0. The van der Waals surface area contributed by atoms with Crippen LogP contribution in [0.25, 0.3) is 0 Å². The zero-order valence-corrected chi connectivity index (χ0v) is 9.39. The third kappa shape index (κ3) is 2.58. The first kappa shape index (κ1) is 11.2. The fourth-order valence-corrected chi connectivity index (χ4v) is 1.45. The van der Waals surface area contributed by atoms with Crippen molar-refractivity contribution >= 4 is 5.91 Å². The minimum absolute atomic E-state index is 0.190. The van der Waals surface area contributed by atoms with E-state index in [0.29, 0.717) is 0 Å². The Morgan fingerprint density at radius 3 is 2.57 bits per heavy atom. The third-order valence-corrected chi connectivity index (χ3v) is 2.72. The average Bonchev–Trinajstić information content (AvgIpc) is 2.10. The molecule has 0 aromatic carbocycles. The van der Waals surface area contributed by atoms with E-state index in [1.165, 1.54) is 5.57 Å². The van der Waals surface area contributed by atoms with Crippen molar-refractivity contribution in [3.63, 3.8) is 0 Å².